The molecule has 0 fully saturated rings. The third-order valence-electron chi connectivity index (χ3n) is 2.23. The summed E-state index contributed by atoms with van der Waals surface area (Å²) in [6, 6.07) is 2.02. The van der Waals surface area contributed by atoms with Gasteiger partial charge in [0.1, 0.15) is 11.6 Å². The fraction of sp³-hybridized carbons (Fsp3) is 0.333. The first-order valence-corrected chi connectivity index (χ1v) is 5.79. The van der Waals surface area contributed by atoms with E-state index in [0.29, 0.717) is 16.6 Å². The van der Waals surface area contributed by atoms with Crippen molar-refractivity contribution in [3.8, 4) is 0 Å². The number of hydrogen-bond donors (Lipinski definition) is 1. The van der Waals surface area contributed by atoms with E-state index in [1.54, 1.807) is 6.92 Å². The zero-order valence-corrected chi connectivity index (χ0v) is 10.9. The molecule has 16 heavy (non-hydrogen) atoms. The summed E-state index contributed by atoms with van der Waals surface area (Å²) in [5.41, 5.74) is 0.708. The lowest BCUT2D eigenvalue weighted by atomic mass is 10.00. The SMILES string of the molecule is C=C(C)C(NCC)c1c(F)cc(Br)cc1F. The minimum atomic E-state index is -0.569. The predicted molar refractivity (Wildman–Crippen MR) is 65.3 cm³/mol. The highest BCUT2D eigenvalue weighted by atomic mass is 79.9. The van der Waals surface area contributed by atoms with Crippen molar-refractivity contribution in [3.63, 3.8) is 0 Å². The Labute approximate surface area is 103 Å². The maximum Gasteiger partial charge on any atom is 0.132 e. The molecular weight excluding hydrogens is 276 g/mol. The lowest BCUT2D eigenvalue weighted by Gasteiger charge is -2.19. The van der Waals surface area contributed by atoms with Gasteiger partial charge in [0.15, 0.2) is 0 Å². The minimum Gasteiger partial charge on any atom is -0.307 e. The average Bonchev–Trinajstić information content (AvgIpc) is 2.14. The van der Waals surface area contributed by atoms with Crippen LogP contribution in [0.4, 0.5) is 8.78 Å². The second-order valence-electron chi connectivity index (χ2n) is 3.62. The minimum absolute atomic E-state index is 0.0255. The third kappa shape index (κ3) is 2.89. The molecule has 1 unspecified atom stereocenters. The summed E-state index contributed by atoms with van der Waals surface area (Å²) in [7, 11) is 0. The van der Waals surface area contributed by atoms with E-state index in [1.165, 1.54) is 12.1 Å². The summed E-state index contributed by atoms with van der Waals surface area (Å²) in [6.45, 7) is 7.99. The van der Waals surface area contributed by atoms with Crippen LogP contribution in [0.5, 0.6) is 0 Å². The highest BCUT2D eigenvalue weighted by Gasteiger charge is 2.20. The van der Waals surface area contributed by atoms with Gasteiger partial charge in [-0.25, -0.2) is 8.78 Å². The average molecular weight is 290 g/mol. The number of nitrogens with one attached hydrogen (secondary N) is 1. The normalized spacial score (nSPS) is 12.6. The van der Waals surface area contributed by atoms with E-state index in [9.17, 15) is 8.78 Å². The second-order valence-corrected chi connectivity index (χ2v) is 4.54. The van der Waals surface area contributed by atoms with Gasteiger partial charge in [-0.05, 0) is 25.6 Å². The van der Waals surface area contributed by atoms with Crippen LogP contribution in [0.3, 0.4) is 0 Å². The van der Waals surface area contributed by atoms with Crippen LogP contribution >= 0.6 is 15.9 Å². The van der Waals surface area contributed by atoms with Gasteiger partial charge >= 0.3 is 0 Å². The van der Waals surface area contributed by atoms with E-state index in [1.807, 2.05) is 6.92 Å². The summed E-state index contributed by atoms with van der Waals surface area (Å²) < 4.78 is 27.8. The molecule has 4 heteroatoms. The zero-order valence-electron chi connectivity index (χ0n) is 9.28. The third-order valence-corrected chi connectivity index (χ3v) is 2.69. The molecule has 0 radical (unpaired) electrons. The molecule has 0 aliphatic heterocycles. The first kappa shape index (κ1) is 13.3. The molecule has 1 N–H and O–H groups in total. The largest absolute Gasteiger partial charge is 0.307 e. The van der Waals surface area contributed by atoms with Gasteiger partial charge in [0.05, 0.1) is 6.04 Å². The molecule has 0 saturated heterocycles. The Morgan fingerprint density at radius 3 is 2.31 bits per heavy atom. The van der Waals surface area contributed by atoms with E-state index in [-0.39, 0.29) is 5.56 Å². The monoisotopic (exact) mass is 289 g/mol. The van der Waals surface area contributed by atoms with Crippen molar-refractivity contribution in [2.45, 2.75) is 19.9 Å². The molecule has 0 spiro atoms. The summed E-state index contributed by atoms with van der Waals surface area (Å²) >= 11 is 3.05. The molecule has 1 aromatic rings. The van der Waals surface area contributed by atoms with Gasteiger partial charge in [-0.3, -0.25) is 0 Å². The predicted octanol–water partition coefficient (Wildman–Crippen LogP) is 3.95. The molecule has 1 rings (SSSR count). The van der Waals surface area contributed by atoms with Crippen molar-refractivity contribution in [3.05, 3.63) is 46.0 Å². The van der Waals surface area contributed by atoms with Crippen LogP contribution in [-0.4, -0.2) is 6.54 Å². The summed E-state index contributed by atoms with van der Waals surface area (Å²) in [5.74, 6) is -1.14. The summed E-state index contributed by atoms with van der Waals surface area (Å²) in [5, 5.41) is 3.00. The maximum atomic E-state index is 13.7. The van der Waals surface area contributed by atoms with Crippen molar-refractivity contribution in [2.24, 2.45) is 0 Å². The Morgan fingerprint density at radius 2 is 1.94 bits per heavy atom. The molecule has 0 aliphatic carbocycles. The Hall–Kier alpha value is -0.740. The number of hydrogen-bond acceptors (Lipinski definition) is 1. The first-order valence-electron chi connectivity index (χ1n) is 5.00. The van der Waals surface area contributed by atoms with Crippen molar-refractivity contribution >= 4 is 15.9 Å². The number of halogens is 3. The van der Waals surface area contributed by atoms with Gasteiger partial charge in [-0.1, -0.05) is 35.0 Å². The maximum absolute atomic E-state index is 13.7. The smallest absolute Gasteiger partial charge is 0.132 e. The standard InChI is InChI=1S/C12H14BrF2N/c1-4-16-12(7(2)3)11-9(14)5-8(13)6-10(11)15/h5-6,12,16H,2,4H2,1,3H3. The lowest BCUT2D eigenvalue weighted by molar-refractivity contribution is 0.506. The highest BCUT2D eigenvalue weighted by molar-refractivity contribution is 9.10. The molecule has 1 aromatic carbocycles. The molecular formula is C12H14BrF2N. The molecule has 88 valence electrons. The second kappa shape index (κ2) is 5.55. The fourth-order valence-corrected chi connectivity index (χ4v) is 1.96. The van der Waals surface area contributed by atoms with Crippen LogP contribution < -0.4 is 5.32 Å². The summed E-state index contributed by atoms with van der Waals surface area (Å²) in [4.78, 5) is 0. The van der Waals surface area contributed by atoms with Crippen LogP contribution in [-0.2, 0) is 0 Å². The number of likely N-dealkylation sites (N-methyl/N-ethyl adjacent to an activating group) is 1. The molecule has 1 atom stereocenters. The van der Waals surface area contributed by atoms with E-state index in [2.05, 4.69) is 27.8 Å². The van der Waals surface area contributed by atoms with E-state index < -0.39 is 17.7 Å². The van der Waals surface area contributed by atoms with Gasteiger partial charge in [0, 0.05) is 10.0 Å². The van der Waals surface area contributed by atoms with Crippen molar-refractivity contribution in [2.75, 3.05) is 6.54 Å². The molecule has 0 heterocycles. The fourth-order valence-electron chi connectivity index (χ4n) is 1.56. The Morgan fingerprint density at radius 1 is 1.44 bits per heavy atom. The summed E-state index contributed by atoms with van der Waals surface area (Å²) in [6.07, 6.45) is 0. The number of rotatable bonds is 4. The van der Waals surface area contributed by atoms with Crippen LogP contribution in [0.25, 0.3) is 0 Å². The topological polar surface area (TPSA) is 12.0 Å². The van der Waals surface area contributed by atoms with E-state index >= 15 is 0 Å². The highest BCUT2D eigenvalue weighted by Crippen LogP contribution is 2.28. The first-order chi connectivity index (χ1) is 7.47. The van der Waals surface area contributed by atoms with Gasteiger partial charge in [-0.2, -0.15) is 0 Å². The number of benzene rings is 1. The van der Waals surface area contributed by atoms with Crippen molar-refractivity contribution in [1.29, 1.82) is 0 Å². The van der Waals surface area contributed by atoms with Gasteiger partial charge in [0.2, 0.25) is 0 Å². The molecule has 1 nitrogen and oxygen atoms in total. The molecule has 0 saturated carbocycles. The van der Waals surface area contributed by atoms with Gasteiger partial charge < -0.3 is 5.32 Å². The Balaban J connectivity index is 3.23. The van der Waals surface area contributed by atoms with E-state index in [4.69, 9.17) is 0 Å². The van der Waals surface area contributed by atoms with Crippen molar-refractivity contribution in [1.82, 2.24) is 5.32 Å². The molecule has 0 amide bonds. The van der Waals surface area contributed by atoms with Crippen LogP contribution in [0, 0.1) is 11.6 Å². The van der Waals surface area contributed by atoms with Gasteiger partial charge in [0.25, 0.3) is 0 Å². The van der Waals surface area contributed by atoms with E-state index in [0.717, 1.165) is 0 Å². The van der Waals surface area contributed by atoms with Gasteiger partial charge in [-0.15, -0.1) is 0 Å². The lowest BCUT2D eigenvalue weighted by Crippen LogP contribution is -2.23. The molecule has 0 aliphatic rings. The van der Waals surface area contributed by atoms with Crippen LogP contribution in [0.2, 0.25) is 0 Å². The van der Waals surface area contributed by atoms with Crippen molar-refractivity contribution < 1.29 is 8.78 Å². The zero-order chi connectivity index (χ0) is 12.3. The molecule has 0 aromatic heterocycles. The molecule has 0 bridgehead atoms. The van der Waals surface area contributed by atoms with Crippen LogP contribution in [0.15, 0.2) is 28.8 Å². The Kier molecular flexibility index (Phi) is 4.62. The quantitative estimate of drug-likeness (QED) is 0.828. The van der Waals surface area contributed by atoms with Crippen LogP contribution in [0.1, 0.15) is 25.5 Å². The Bertz CT molecular complexity index is 381.